The van der Waals surface area contributed by atoms with Crippen LogP contribution in [0.25, 0.3) is 0 Å². The van der Waals surface area contributed by atoms with Crippen molar-refractivity contribution in [2.24, 2.45) is 5.92 Å². The Morgan fingerprint density at radius 2 is 2.19 bits per heavy atom. The van der Waals surface area contributed by atoms with Crippen molar-refractivity contribution < 1.29 is 9.18 Å². The maximum Gasteiger partial charge on any atom is 0.142 e. The number of Topliss-reactive ketones (excluding diaryl/α,β-unsaturated/α-hetero) is 1. The minimum atomic E-state index is -0.449. The second kappa shape index (κ2) is 4.96. The number of benzene rings is 1. The topological polar surface area (TPSA) is 17.1 Å². The lowest BCUT2D eigenvalue weighted by Gasteiger charge is -2.24. The highest BCUT2D eigenvalue weighted by atomic mass is 35.5. The summed E-state index contributed by atoms with van der Waals surface area (Å²) in [4.78, 5) is 11.7. The fourth-order valence-electron chi connectivity index (χ4n) is 1.97. The van der Waals surface area contributed by atoms with Gasteiger partial charge in [0.15, 0.2) is 0 Å². The SMILES string of the molecule is O=C(Cc1ccc(Cl)c(F)c1)CC1CCC1. The van der Waals surface area contributed by atoms with Gasteiger partial charge in [-0.25, -0.2) is 4.39 Å². The molecule has 1 aromatic rings. The average Bonchev–Trinajstić information content (AvgIpc) is 2.18. The molecular formula is C13H14ClFO. The smallest absolute Gasteiger partial charge is 0.142 e. The lowest BCUT2D eigenvalue weighted by atomic mass is 9.81. The monoisotopic (exact) mass is 240 g/mol. The molecule has 0 atom stereocenters. The molecule has 0 amide bonds. The van der Waals surface area contributed by atoms with E-state index >= 15 is 0 Å². The Hall–Kier alpha value is -0.890. The first-order chi connectivity index (χ1) is 7.65. The predicted molar refractivity (Wildman–Crippen MR) is 62.1 cm³/mol. The molecule has 0 heterocycles. The molecule has 1 aromatic carbocycles. The van der Waals surface area contributed by atoms with Crippen LogP contribution in [0.2, 0.25) is 5.02 Å². The molecule has 0 saturated heterocycles. The van der Waals surface area contributed by atoms with E-state index in [1.165, 1.54) is 31.4 Å². The zero-order chi connectivity index (χ0) is 11.5. The third-order valence-electron chi connectivity index (χ3n) is 3.13. The van der Waals surface area contributed by atoms with Crippen LogP contribution in [0.15, 0.2) is 18.2 Å². The number of hydrogen-bond donors (Lipinski definition) is 0. The van der Waals surface area contributed by atoms with Crippen molar-refractivity contribution in [3.63, 3.8) is 0 Å². The van der Waals surface area contributed by atoms with E-state index in [-0.39, 0.29) is 10.8 Å². The third kappa shape index (κ3) is 2.82. The molecule has 2 rings (SSSR count). The van der Waals surface area contributed by atoms with Crippen LogP contribution < -0.4 is 0 Å². The first-order valence-corrected chi connectivity index (χ1v) is 5.98. The van der Waals surface area contributed by atoms with Crippen LogP contribution in [0.4, 0.5) is 4.39 Å². The van der Waals surface area contributed by atoms with Gasteiger partial charge >= 0.3 is 0 Å². The van der Waals surface area contributed by atoms with Crippen molar-refractivity contribution in [1.29, 1.82) is 0 Å². The predicted octanol–water partition coefficient (Wildman–Crippen LogP) is 3.78. The van der Waals surface area contributed by atoms with E-state index in [9.17, 15) is 9.18 Å². The van der Waals surface area contributed by atoms with Gasteiger partial charge in [-0.3, -0.25) is 4.79 Å². The van der Waals surface area contributed by atoms with E-state index in [1.54, 1.807) is 6.07 Å². The maximum absolute atomic E-state index is 13.1. The minimum Gasteiger partial charge on any atom is -0.299 e. The third-order valence-corrected chi connectivity index (χ3v) is 3.43. The van der Waals surface area contributed by atoms with E-state index in [0.717, 1.165) is 0 Å². The molecule has 0 radical (unpaired) electrons. The first-order valence-electron chi connectivity index (χ1n) is 5.61. The quantitative estimate of drug-likeness (QED) is 0.783. The van der Waals surface area contributed by atoms with E-state index in [2.05, 4.69) is 0 Å². The van der Waals surface area contributed by atoms with Crippen molar-refractivity contribution in [3.05, 3.63) is 34.6 Å². The highest BCUT2D eigenvalue weighted by Gasteiger charge is 2.20. The number of ketones is 1. The fourth-order valence-corrected chi connectivity index (χ4v) is 2.09. The lowest BCUT2D eigenvalue weighted by Crippen LogP contribution is -2.17. The van der Waals surface area contributed by atoms with Gasteiger partial charge in [-0.05, 0) is 23.6 Å². The molecule has 1 nitrogen and oxygen atoms in total. The average molecular weight is 241 g/mol. The molecule has 0 aliphatic heterocycles. The molecule has 0 bridgehead atoms. The Kier molecular flexibility index (Phi) is 3.59. The normalized spacial score (nSPS) is 15.9. The molecule has 0 N–H and O–H groups in total. The molecular weight excluding hydrogens is 227 g/mol. The molecule has 0 aromatic heterocycles. The Morgan fingerprint density at radius 3 is 2.75 bits per heavy atom. The molecule has 1 fully saturated rings. The number of rotatable bonds is 4. The zero-order valence-corrected chi connectivity index (χ0v) is 9.77. The van der Waals surface area contributed by atoms with Crippen molar-refractivity contribution in [3.8, 4) is 0 Å². The van der Waals surface area contributed by atoms with Crippen molar-refractivity contribution in [2.75, 3.05) is 0 Å². The molecule has 0 unspecified atom stereocenters. The Bertz CT molecular complexity index is 399. The molecule has 86 valence electrons. The summed E-state index contributed by atoms with van der Waals surface area (Å²) in [5.74, 6) is 0.326. The molecule has 1 aliphatic carbocycles. The number of hydrogen-bond acceptors (Lipinski definition) is 1. The van der Waals surface area contributed by atoms with Gasteiger partial charge in [0.05, 0.1) is 5.02 Å². The standard InChI is InChI=1S/C13H14ClFO/c14-12-5-4-10(8-13(12)15)7-11(16)6-9-2-1-3-9/h4-5,8-9H,1-3,6-7H2. The molecule has 3 heteroatoms. The van der Waals surface area contributed by atoms with Gasteiger partial charge in [0, 0.05) is 12.8 Å². The molecule has 1 saturated carbocycles. The largest absolute Gasteiger partial charge is 0.299 e. The van der Waals surface area contributed by atoms with E-state index in [1.807, 2.05) is 0 Å². The van der Waals surface area contributed by atoms with Crippen LogP contribution in [0, 0.1) is 11.7 Å². The highest BCUT2D eigenvalue weighted by molar-refractivity contribution is 6.30. The van der Waals surface area contributed by atoms with Crippen LogP contribution in [0.1, 0.15) is 31.2 Å². The summed E-state index contributed by atoms with van der Waals surface area (Å²) in [7, 11) is 0. The van der Waals surface area contributed by atoms with Gasteiger partial charge in [-0.15, -0.1) is 0 Å². The summed E-state index contributed by atoms with van der Waals surface area (Å²) in [6.07, 6.45) is 4.55. The van der Waals surface area contributed by atoms with E-state index in [0.29, 0.717) is 24.3 Å². The number of carbonyl (C=O) groups excluding carboxylic acids is 1. The summed E-state index contributed by atoms with van der Waals surface area (Å²) < 4.78 is 13.1. The van der Waals surface area contributed by atoms with Crippen LogP contribution >= 0.6 is 11.6 Å². The number of carbonyl (C=O) groups is 1. The Morgan fingerprint density at radius 1 is 1.44 bits per heavy atom. The van der Waals surface area contributed by atoms with Gasteiger partial charge in [0.1, 0.15) is 11.6 Å². The zero-order valence-electron chi connectivity index (χ0n) is 9.01. The van der Waals surface area contributed by atoms with Crippen LogP contribution in [0.3, 0.4) is 0 Å². The highest BCUT2D eigenvalue weighted by Crippen LogP contribution is 2.30. The van der Waals surface area contributed by atoms with Gasteiger partial charge in [-0.1, -0.05) is 36.9 Å². The summed E-state index contributed by atoms with van der Waals surface area (Å²) >= 11 is 5.57. The molecule has 1 aliphatic rings. The molecule has 0 spiro atoms. The van der Waals surface area contributed by atoms with E-state index in [4.69, 9.17) is 11.6 Å². The van der Waals surface area contributed by atoms with Crippen LogP contribution in [-0.4, -0.2) is 5.78 Å². The first kappa shape index (κ1) is 11.6. The summed E-state index contributed by atoms with van der Waals surface area (Å²) in [5.41, 5.74) is 0.714. The van der Waals surface area contributed by atoms with Crippen molar-refractivity contribution >= 4 is 17.4 Å². The summed E-state index contributed by atoms with van der Waals surface area (Å²) in [6.45, 7) is 0. The summed E-state index contributed by atoms with van der Waals surface area (Å²) in [5, 5.41) is 0.107. The van der Waals surface area contributed by atoms with Crippen molar-refractivity contribution in [2.45, 2.75) is 32.1 Å². The number of halogens is 2. The minimum absolute atomic E-state index is 0.107. The second-order valence-corrected chi connectivity index (χ2v) is 4.87. The Balaban J connectivity index is 1.92. The van der Waals surface area contributed by atoms with Gasteiger partial charge in [0.25, 0.3) is 0 Å². The fraction of sp³-hybridized carbons (Fsp3) is 0.462. The Labute approximate surface area is 99.6 Å². The van der Waals surface area contributed by atoms with Crippen LogP contribution in [-0.2, 0) is 11.2 Å². The molecule has 16 heavy (non-hydrogen) atoms. The van der Waals surface area contributed by atoms with Gasteiger partial charge in [-0.2, -0.15) is 0 Å². The van der Waals surface area contributed by atoms with Gasteiger partial charge in [0.2, 0.25) is 0 Å². The van der Waals surface area contributed by atoms with Crippen molar-refractivity contribution in [1.82, 2.24) is 0 Å². The summed E-state index contributed by atoms with van der Waals surface area (Å²) in [6, 6.07) is 4.56. The lowest BCUT2D eigenvalue weighted by molar-refractivity contribution is -0.119. The van der Waals surface area contributed by atoms with E-state index < -0.39 is 5.82 Å². The maximum atomic E-state index is 13.1. The van der Waals surface area contributed by atoms with Gasteiger partial charge < -0.3 is 0 Å². The van der Waals surface area contributed by atoms with Crippen LogP contribution in [0.5, 0.6) is 0 Å². The second-order valence-electron chi connectivity index (χ2n) is 4.46.